The van der Waals surface area contributed by atoms with Crippen molar-refractivity contribution < 1.29 is 9.59 Å². The molecule has 1 heterocycles. The Morgan fingerprint density at radius 3 is 2.46 bits per heavy atom. The summed E-state index contributed by atoms with van der Waals surface area (Å²) in [7, 11) is 0. The Hall–Kier alpha value is -2.82. The Morgan fingerprint density at radius 1 is 0.962 bits per heavy atom. The van der Waals surface area contributed by atoms with Gasteiger partial charge in [-0.05, 0) is 62.1 Å². The molecule has 5 nitrogen and oxygen atoms in total. The van der Waals surface area contributed by atoms with Crippen molar-refractivity contribution in [2.75, 3.05) is 23.7 Å². The molecule has 0 unspecified atom stereocenters. The number of likely N-dealkylation sites (tertiary alicyclic amines) is 1. The zero-order valence-corrected chi connectivity index (χ0v) is 15.3. The fourth-order valence-corrected chi connectivity index (χ4v) is 3.16. The zero-order valence-electron chi connectivity index (χ0n) is 15.3. The van der Waals surface area contributed by atoms with Crippen molar-refractivity contribution in [2.45, 2.75) is 26.7 Å². The van der Waals surface area contributed by atoms with E-state index in [0.29, 0.717) is 13.1 Å². The third-order valence-electron chi connectivity index (χ3n) is 4.88. The van der Waals surface area contributed by atoms with E-state index < -0.39 is 0 Å². The molecule has 2 aromatic carbocycles. The van der Waals surface area contributed by atoms with E-state index in [1.165, 1.54) is 5.56 Å². The molecule has 0 saturated carbocycles. The third-order valence-corrected chi connectivity index (χ3v) is 4.88. The summed E-state index contributed by atoms with van der Waals surface area (Å²) < 4.78 is 0. The molecule has 3 amide bonds. The van der Waals surface area contributed by atoms with E-state index in [2.05, 4.69) is 10.6 Å². The summed E-state index contributed by atoms with van der Waals surface area (Å²) in [4.78, 5) is 26.8. The van der Waals surface area contributed by atoms with Crippen LogP contribution in [0.4, 0.5) is 16.2 Å². The molecule has 0 aliphatic carbocycles. The van der Waals surface area contributed by atoms with Crippen molar-refractivity contribution in [1.29, 1.82) is 0 Å². The molecule has 1 atom stereocenters. The predicted octanol–water partition coefficient (Wildman–Crippen LogP) is 4.19. The van der Waals surface area contributed by atoms with Crippen LogP contribution in [0.15, 0.2) is 48.5 Å². The van der Waals surface area contributed by atoms with Gasteiger partial charge in [0.1, 0.15) is 0 Å². The summed E-state index contributed by atoms with van der Waals surface area (Å²) in [5.74, 6) is -0.211. The van der Waals surface area contributed by atoms with Gasteiger partial charge in [-0.25, -0.2) is 4.79 Å². The second-order valence-electron chi connectivity index (χ2n) is 6.87. The van der Waals surface area contributed by atoms with Crippen LogP contribution in [-0.4, -0.2) is 29.9 Å². The standard InChI is InChI=1S/C21H25N3O2/c1-15-10-11-19(13-16(15)2)22-20(25)17-7-6-12-24(14-17)21(26)23-18-8-4-3-5-9-18/h3-5,8-11,13,17H,6-7,12,14H2,1-2H3,(H,22,25)(H,23,26)/t17-/m0/s1. The SMILES string of the molecule is Cc1ccc(NC(=O)[C@H]2CCCN(C(=O)Nc3ccccc3)C2)cc1C. The second-order valence-corrected chi connectivity index (χ2v) is 6.87. The van der Waals surface area contributed by atoms with Gasteiger partial charge < -0.3 is 15.5 Å². The molecule has 0 bridgehead atoms. The van der Waals surface area contributed by atoms with E-state index in [1.807, 2.05) is 62.4 Å². The van der Waals surface area contributed by atoms with Crippen molar-refractivity contribution in [3.05, 3.63) is 59.7 Å². The summed E-state index contributed by atoms with van der Waals surface area (Å²) in [6.45, 7) is 5.19. The summed E-state index contributed by atoms with van der Waals surface area (Å²) in [5.41, 5.74) is 3.92. The molecular formula is C21H25N3O2. The fourth-order valence-electron chi connectivity index (χ4n) is 3.16. The minimum atomic E-state index is -0.188. The lowest BCUT2D eigenvalue weighted by atomic mass is 9.97. The van der Waals surface area contributed by atoms with Crippen LogP contribution in [-0.2, 0) is 4.79 Å². The summed E-state index contributed by atoms with van der Waals surface area (Å²) in [6.07, 6.45) is 1.62. The van der Waals surface area contributed by atoms with Crippen LogP contribution in [0.3, 0.4) is 0 Å². The first-order valence-electron chi connectivity index (χ1n) is 9.02. The van der Waals surface area contributed by atoms with Crippen LogP contribution in [0.2, 0.25) is 0 Å². The van der Waals surface area contributed by atoms with Crippen LogP contribution in [0.25, 0.3) is 0 Å². The van der Waals surface area contributed by atoms with E-state index in [9.17, 15) is 9.59 Å². The van der Waals surface area contributed by atoms with Gasteiger partial charge in [0.15, 0.2) is 0 Å². The van der Waals surface area contributed by atoms with E-state index in [-0.39, 0.29) is 17.9 Å². The van der Waals surface area contributed by atoms with Gasteiger partial charge in [0.2, 0.25) is 5.91 Å². The van der Waals surface area contributed by atoms with E-state index in [1.54, 1.807) is 4.90 Å². The van der Waals surface area contributed by atoms with Gasteiger partial charge in [-0.3, -0.25) is 4.79 Å². The highest BCUT2D eigenvalue weighted by molar-refractivity contribution is 5.94. The Kier molecular flexibility index (Phi) is 5.56. The summed E-state index contributed by atoms with van der Waals surface area (Å²) >= 11 is 0. The zero-order chi connectivity index (χ0) is 18.5. The monoisotopic (exact) mass is 351 g/mol. The number of anilines is 2. The predicted molar refractivity (Wildman–Crippen MR) is 104 cm³/mol. The molecular weight excluding hydrogens is 326 g/mol. The minimum Gasteiger partial charge on any atom is -0.326 e. The topological polar surface area (TPSA) is 61.4 Å². The number of nitrogens with one attached hydrogen (secondary N) is 2. The lowest BCUT2D eigenvalue weighted by Gasteiger charge is -2.32. The molecule has 1 fully saturated rings. The molecule has 0 aromatic heterocycles. The largest absolute Gasteiger partial charge is 0.326 e. The van der Waals surface area contributed by atoms with Gasteiger partial charge in [0.05, 0.1) is 5.92 Å². The Labute approximate surface area is 154 Å². The number of nitrogens with zero attached hydrogens (tertiary/aromatic N) is 1. The fraction of sp³-hybridized carbons (Fsp3) is 0.333. The van der Waals surface area contributed by atoms with E-state index >= 15 is 0 Å². The maximum absolute atomic E-state index is 12.6. The van der Waals surface area contributed by atoms with Gasteiger partial charge in [-0.2, -0.15) is 0 Å². The van der Waals surface area contributed by atoms with Crippen LogP contribution in [0, 0.1) is 19.8 Å². The maximum atomic E-state index is 12.6. The number of rotatable bonds is 3. The van der Waals surface area contributed by atoms with Crippen molar-refractivity contribution in [3.63, 3.8) is 0 Å². The first-order chi connectivity index (χ1) is 12.5. The molecule has 136 valence electrons. The van der Waals surface area contributed by atoms with E-state index in [4.69, 9.17) is 0 Å². The molecule has 1 saturated heterocycles. The number of piperidine rings is 1. The molecule has 3 rings (SSSR count). The first kappa shape index (κ1) is 18.0. The van der Waals surface area contributed by atoms with Crippen LogP contribution in [0.5, 0.6) is 0 Å². The van der Waals surface area contributed by atoms with Crippen LogP contribution in [0.1, 0.15) is 24.0 Å². The number of hydrogen-bond donors (Lipinski definition) is 2. The lowest BCUT2D eigenvalue weighted by Crippen LogP contribution is -2.45. The normalized spacial score (nSPS) is 16.8. The summed E-state index contributed by atoms with van der Waals surface area (Å²) in [6, 6.07) is 15.1. The van der Waals surface area contributed by atoms with E-state index in [0.717, 1.165) is 29.8 Å². The number of para-hydroxylation sites is 1. The molecule has 1 aliphatic rings. The highest BCUT2D eigenvalue weighted by Gasteiger charge is 2.28. The number of urea groups is 1. The Balaban J connectivity index is 1.59. The second kappa shape index (κ2) is 8.04. The first-order valence-corrected chi connectivity index (χ1v) is 9.02. The lowest BCUT2D eigenvalue weighted by molar-refractivity contribution is -0.121. The molecule has 0 spiro atoms. The Bertz CT molecular complexity index is 789. The van der Waals surface area contributed by atoms with Crippen LogP contribution >= 0.6 is 0 Å². The van der Waals surface area contributed by atoms with Gasteiger partial charge in [-0.15, -0.1) is 0 Å². The van der Waals surface area contributed by atoms with Crippen molar-refractivity contribution in [3.8, 4) is 0 Å². The number of carbonyl (C=O) groups excluding carboxylic acids is 2. The van der Waals surface area contributed by atoms with Crippen molar-refractivity contribution >= 4 is 23.3 Å². The quantitative estimate of drug-likeness (QED) is 0.871. The van der Waals surface area contributed by atoms with Crippen LogP contribution < -0.4 is 10.6 Å². The minimum absolute atomic E-state index is 0.0227. The average Bonchev–Trinajstić information content (AvgIpc) is 2.65. The number of carbonyl (C=O) groups is 2. The van der Waals surface area contributed by atoms with Gasteiger partial charge >= 0.3 is 6.03 Å². The molecule has 26 heavy (non-hydrogen) atoms. The average molecular weight is 351 g/mol. The maximum Gasteiger partial charge on any atom is 0.321 e. The third kappa shape index (κ3) is 4.42. The molecule has 2 N–H and O–H groups in total. The highest BCUT2D eigenvalue weighted by atomic mass is 16.2. The van der Waals surface area contributed by atoms with Gasteiger partial charge in [0, 0.05) is 24.5 Å². The number of hydrogen-bond acceptors (Lipinski definition) is 2. The highest BCUT2D eigenvalue weighted by Crippen LogP contribution is 2.21. The van der Waals surface area contributed by atoms with Gasteiger partial charge in [-0.1, -0.05) is 24.3 Å². The van der Waals surface area contributed by atoms with Crippen molar-refractivity contribution in [1.82, 2.24) is 4.90 Å². The Morgan fingerprint density at radius 2 is 1.73 bits per heavy atom. The number of benzene rings is 2. The number of aryl methyl sites for hydroxylation is 2. The molecule has 5 heteroatoms. The van der Waals surface area contributed by atoms with Gasteiger partial charge in [0.25, 0.3) is 0 Å². The molecule has 1 aliphatic heterocycles. The molecule has 0 radical (unpaired) electrons. The summed E-state index contributed by atoms with van der Waals surface area (Å²) in [5, 5.41) is 5.88. The number of amides is 3. The smallest absolute Gasteiger partial charge is 0.321 e. The van der Waals surface area contributed by atoms with Crippen molar-refractivity contribution in [2.24, 2.45) is 5.92 Å². The molecule has 2 aromatic rings.